The highest BCUT2D eigenvalue weighted by Crippen LogP contribution is 2.46. The average molecular weight is 531 g/mol. The molecule has 6 aromatic rings. The standard InChI is InChI=1S/C36H26N4O/c1-4-10-24(11-5-1)33-38-34(25-12-6-2-7-13-25)40-35(39-33)28-18-20-29-27(22-28)17-16-23-19-21-30-32(31(23)29)41-36(37-30)26-14-8-3-9-15-26/h1-22,35-37H,(H,38,39,40). The molecule has 41 heavy (non-hydrogen) atoms. The maximum atomic E-state index is 6.52. The lowest BCUT2D eigenvalue weighted by Gasteiger charge is -2.22. The summed E-state index contributed by atoms with van der Waals surface area (Å²) in [4.78, 5) is 10.1. The van der Waals surface area contributed by atoms with Crippen LogP contribution in [0.5, 0.6) is 5.75 Å². The number of hydrogen-bond acceptors (Lipinski definition) is 5. The van der Waals surface area contributed by atoms with Gasteiger partial charge in [-0.3, -0.25) is 0 Å². The molecule has 0 aliphatic carbocycles. The van der Waals surface area contributed by atoms with E-state index in [0.717, 1.165) is 66.9 Å². The molecule has 196 valence electrons. The highest BCUT2D eigenvalue weighted by Gasteiger charge is 2.26. The van der Waals surface area contributed by atoms with Gasteiger partial charge in [-0.2, -0.15) is 0 Å². The van der Waals surface area contributed by atoms with Gasteiger partial charge < -0.3 is 15.4 Å². The van der Waals surface area contributed by atoms with E-state index < -0.39 is 0 Å². The van der Waals surface area contributed by atoms with Crippen LogP contribution in [-0.2, 0) is 0 Å². The fourth-order valence-electron chi connectivity index (χ4n) is 5.69. The molecule has 6 aromatic carbocycles. The Morgan fingerprint density at radius 2 is 1.17 bits per heavy atom. The number of hydrogen-bond donors (Lipinski definition) is 2. The van der Waals surface area contributed by atoms with Gasteiger partial charge in [0.2, 0.25) is 0 Å². The lowest BCUT2D eigenvalue weighted by Crippen LogP contribution is -2.35. The van der Waals surface area contributed by atoms with Crippen molar-refractivity contribution < 1.29 is 4.74 Å². The third-order valence-electron chi connectivity index (χ3n) is 7.73. The van der Waals surface area contributed by atoms with Crippen molar-refractivity contribution >= 4 is 38.9 Å². The van der Waals surface area contributed by atoms with E-state index in [4.69, 9.17) is 14.7 Å². The van der Waals surface area contributed by atoms with Gasteiger partial charge in [0.05, 0.1) is 5.69 Å². The number of rotatable bonds is 4. The van der Waals surface area contributed by atoms with Crippen molar-refractivity contribution in [3.05, 3.63) is 156 Å². The van der Waals surface area contributed by atoms with Crippen LogP contribution in [0.25, 0.3) is 21.5 Å². The molecule has 2 aliphatic rings. The Morgan fingerprint density at radius 3 is 1.85 bits per heavy atom. The SMILES string of the molecule is c1ccc(C2=NC(c3ccc4c(ccc5ccc6c(c54)OC(c4ccccc4)N6)c3)N=C(c3ccccc3)N2)cc1. The highest BCUT2D eigenvalue weighted by atomic mass is 16.5. The second kappa shape index (κ2) is 9.65. The number of amidine groups is 2. The molecular weight excluding hydrogens is 504 g/mol. The number of nitrogens with one attached hydrogen (secondary N) is 2. The Balaban J connectivity index is 1.22. The fourth-order valence-corrected chi connectivity index (χ4v) is 5.69. The lowest BCUT2D eigenvalue weighted by atomic mass is 9.98. The Labute approximate surface area is 237 Å². The van der Waals surface area contributed by atoms with E-state index in [1.807, 2.05) is 54.6 Å². The molecule has 5 heteroatoms. The zero-order chi connectivity index (χ0) is 27.2. The summed E-state index contributed by atoms with van der Waals surface area (Å²) in [6.07, 6.45) is -0.582. The molecule has 0 bridgehead atoms. The van der Waals surface area contributed by atoms with Crippen LogP contribution in [0.2, 0.25) is 0 Å². The number of aliphatic imine (C=N–C) groups is 2. The van der Waals surface area contributed by atoms with Gasteiger partial charge >= 0.3 is 0 Å². The fraction of sp³-hybridized carbons (Fsp3) is 0.0556. The van der Waals surface area contributed by atoms with Crippen molar-refractivity contribution in [2.45, 2.75) is 12.4 Å². The van der Waals surface area contributed by atoms with E-state index in [2.05, 4.69) is 89.5 Å². The Morgan fingerprint density at radius 1 is 0.561 bits per heavy atom. The molecule has 1 atom stereocenters. The van der Waals surface area contributed by atoms with Crippen LogP contribution in [-0.4, -0.2) is 11.7 Å². The highest BCUT2D eigenvalue weighted by molar-refractivity contribution is 6.16. The largest absolute Gasteiger partial charge is 0.464 e. The molecule has 0 saturated heterocycles. The van der Waals surface area contributed by atoms with Crippen LogP contribution in [0.1, 0.15) is 34.6 Å². The van der Waals surface area contributed by atoms with Gasteiger partial charge in [0.25, 0.3) is 0 Å². The molecule has 2 aliphatic heterocycles. The first-order valence-corrected chi connectivity index (χ1v) is 13.8. The van der Waals surface area contributed by atoms with E-state index in [9.17, 15) is 0 Å². The maximum Gasteiger partial charge on any atom is 0.196 e. The third-order valence-corrected chi connectivity index (χ3v) is 7.73. The minimum atomic E-state index is -0.372. The second-order valence-electron chi connectivity index (χ2n) is 10.3. The van der Waals surface area contributed by atoms with E-state index in [-0.39, 0.29) is 12.4 Å². The summed E-state index contributed by atoms with van der Waals surface area (Å²) in [6, 6.07) is 45.8. The molecule has 0 spiro atoms. The van der Waals surface area contributed by atoms with Gasteiger partial charge in [-0.05, 0) is 33.9 Å². The van der Waals surface area contributed by atoms with Crippen LogP contribution in [0, 0.1) is 0 Å². The molecule has 0 radical (unpaired) electrons. The van der Waals surface area contributed by atoms with Gasteiger partial charge in [-0.1, -0.05) is 121 Å². The van der Waals surface area contributed by atoms with Crippen molar-refractivity contribution in [3.63, 3.8) is 0 Å². The Bertz CT molecular complexity index is 1910. The molecule has 0 fully saturated rings. The molecule has 2 N–H and O–H groups in total. The van der Waals surface area contributed by atoms with Crippen LogP contribution in [0.3, 0.4) is 0 Å². The summed E-state index contributed by atoms with van der Waals surface area (Å²) in [5, 5.41) is 11.6. The Kier molecular flexibility index (Phi) is 5.52. The van der Waals surface area contributed by atoms with Crippen molar-refractivity contribution in [1.29, 1.82) is 0 Å². The van der Waals surface area contributed by atoms with Crippen molar-refractivity contribution in [3.8, 4) is 5.75 Å². The lowest BCUT2D eigenvalue weighted by molar-refractivity contribution is 0.263. The summed E-state index contributed by atoms with van der Waals surface area (Å²) >= 11 is 0. The van der Waals surface area contributed by atoms with E-state index >= 15 is 0 Å². The van der Waals surface area contributed by atoms with Crippen LogP contribution in [0.4, 0.5) is 5.69 Å². The van der Waals surface area contributed by atoms with Crippen molar-refractivity contribution in [2.24, 2.45) is 9.98 Å². The number of fused-ring (bicyclic) bond motifs is 5. The minimum absolute atomic E-state index is 0.211. The summed E-state index contributed by atoms with van der Waals surface area (Å²) < 4.78 is 6.52. The normalized spacial score (nSPS) is 16.3. The van der Waals surface area contributed by atoms with Gasteiger partial charge in [0, 0.05) is 22.1 Å². The second-order valence-corrected chi connectivity index (χ2v) is 10.3. The minimum Gasteiger partial charge on any atom is -0.464 e. The van der Waals surface area contributed by atoms with Crippen molar-refractivity contribution in [2.75, 3.05) is 5.32 Å². The zero-order valence-electron chi connectivity index (χ0n) is 22.2. The van der Waals surface area contributed by atoms with Gasteiger partial charge in [0.1, 0.15) is 11.7 Å². The first-order chi connectivity index (χ1) is 20.3. The monoisotopic (exact) mass is 530 g/mol. The van der Waals surface area contributed by atoms with Crippen LogP contribution in [0.15, 0.2) is 143 Å². The van der Waals surface area contributed by atoms with Crippen LogP contribution >= 0.6 is 0 Å². The molecule has 8 rings (SSSR count). The summed E-state index contributed by atoms with van der Waals surface area (Å²) in [7, 11) is 0. The molecule has 2 heterocycles. The average Bonchev–Trinajstić information content (AvgIpc) is 3.50. The molecule has 0 amide bonds. The smallest absolute Gasteiger partial charge is 0.196 e. The first-order valence-electron chi connectivity index (χ1n) is 13.8. The van der Waals surface area contributed by atoms with Crippen LogP contribution < -0.4 is 15.4 Å². The number of ether oxygens (including phenoxy) is 1. The van der Waals surface area contributed by atoms with Gasteiger partial charge in [-0.25, -0.2) is 9.98 Å². The maximum absolute atomic E-state index is 6.52. The predicted octanol–water partition coefficient (Wildman–Crippen LogP) is 7.99. The summed E-state index contributed by atoms with van der Waals surface area (Å²) in [5.41, 5.74) is 5.20. The van der Waals surface area contributed by atoms with Crippen molar-refractivity contribution in [1.82, 2.24) is 5.32 Å². The van der Waals surface area contributed by atoms with E-state index in [1.54, 1.807) is 0 Å². The molecular formula is C36H26N4O. The summed E-state index contributed by atoms with van der Waals surface area (Å²) in [5.74, 6) is 2.52. The molecule has 5 nitrogen and oxygen atoms in total. The predicted molar refractivity (Wildman–Crippen MR) is 167 cm³/mol. The number of benzene rings is 6. The Hall–Kier alpha value is -5.42. The first kappa shape index (κ1) is 23.5. The summed E-state index contributed by atoms with van der Waals surface area (Å²) in [6.45, 7) is 0. The quantitative estimate of drug-likeness (QED) is 0.227. The van der Waals surface area contributed by atoms with Gasteiger partial charge in [0.15, 0.2) is 18.1 Å². The van der Waals surface area contributed by atoms with Gasteiger partial charge in [-0.15, -0.1) is 0 Å². The molecule has 1 unspecified atom stereocenters. The zero-order valence-corrected chi connectivity index (χ0v) is 22.2. The van der Waals surface area contributed by atoms with E-state index in [1.165, 1.54) is 0 Å². The topological polar surface area (TPSA) is 58.0 Å². The number of anilines is 1. The molecule has 0 saturated carbocycles. The van der Waals surface area contributed by atoms with E-state index in [0.29, 0.717) is 0 Å². The molecule has 0 aromatic heterocycles. The number of nitrogens with zero attached hydrogens (tertiary/aromatic N) is 2. The third kappa shape index (κ3) is 4.19.